The van der Waals surface area contributed by atoms with Crippen LogP contribution in [0.5, 0.6) is 0 Å². The minimum atomic E-state index is -1.26. The van der Waals surface area contributed by atoms with Crippen LogP contribution in [0.3, 0.4) is 0 Å². The van der Waals surface area contributed by atoms with Crippen LogP contribution in [0.15, 0.2) is 64.6 Å². The van der Waals surface area contributed by atoms with Crippen molar-refractivity contribution in [2.75, 3.05) is 23.8 Å². The third kappa shape index (κ3) is 5.88. The van der Waals surface area contributed by atoms with Gasteiger partial charge in [-0.05, 0) is 38.2 Å². The molecule has 1 aliphatic heterocycles. The summed E-state index contributed by atoms with van der Waals surface area (Å²) in [5.41, 5.74) is 7.97. The van der Waals surface area contributed by atoms with E-state index in [1.807, 2.05) is 48.5 Å². The molecule has 0 radical (unpaired) electrons. The Labute approximate surface area is 235 Å². The van der Waals surface area contributed by atoms with Gasteiger partial charge in [-0.1, -0.05) is 59.9 Å². The van der Waals surface area contributed by atoms with Crippen LogP contribution in [0.25, 0.3) is 0 Å². The maximum Gasteiger partial charge on any atom is 0.291 e. The molecule has 1 amide bonds. The zero-order chi connectivity index (χ0) is 28.1. The van der Waals surface area contributed by atoms with E-state index in [-0.39, 0.29) is 18.2 Å². The van der Waals surface area contributed by atoms with Gasteiger partial charge in [-0.25, -0.2) is 9.98 Å². The number of benzodiazepines with no additional fused rings is 1. The van der Waals surface area contributed by atoms with E-state index in [0.29, 0.717) is 53.6 Å². The second-order valence-electron chi connectivity index (χ2n) is 9.59. The summed E-state index contributed by atoms with van der Waals surface area (Å²) in [6.45, 7) is 0.632. The zero-order valence-electron chi connectivity index (χ0n) is 21.8. The molecular formula is C28H31N7O4S. The number of benzene rings is 2. The number of aromatic nitrogens is 1. The van der Waals surface area contributed by atoms with Gasteiger partial charge < -0.3 is 31.3 Å². The van der Waals surface area contributed by atoms with Crippen LogP contribution in [0.2, 0.25) is 0 Å². The molecule has 208 valence electrons. The molecule has 0 saturated heterocycles. The number of aliphatic hydroxyl groups is 2. The van der Waals surface area contributed by atoms with Crippen LogP contribution in [-0.4, -0.2) is 58.1 Å². The fourth-order valence-electron chi connectivity index (χ4n) is 4.42. The Hall–Kier alpha value is -4.13. The third-order valence-corrected chi connectivity index (χ3v) is 7.93. The highest BCUT2D eigenvalue weighted by atomic mass is 32.1. The quantitative estimate of drug-likeness (QED) is 0.132. The molecule has 5 rings (SSSR count). The second-order valence-corrected chi connectivity index (χ2v) is 10.6. The average Bonchev–Trinajstić information content (AvgIpc) is 3.32. The summed E-state index contributed by atoms with van der Waals surface area (Å²) in [5, 5.41) is 35.6. The van der Waals surface area contributed by atoms with Crippen LogP contribution in [0.4, 0.5) is 10.7 Å². The number of hydrogen-bond donors (Lipinski definition) is 6. The highest BCUT2D eigenvalue weighted by molar-refractivity contribution is 7.16. The van der Waals surface area contributed by atoms with Gasteiger partial charge in [0, 0.05) is 24.3 Å². The first-order valence-electron chi connectivity index (χ1n) is 13.1. The minimum absolute atomic E-state index is 0.0858. The first-order valence-corrected chi connectivity index (χ1v) is 13.9. The van der Waals surface area contributed by atoms with Crippen molar-refractivity contribution in [2.45, 2.75) is 43.9 Å². The van der Waals surface area contributed by atoms with Gasteiger partial charge in [-0.15, -0.1) is 0 Å². The van der Waals surface area contributed by atoms with Crippen molar-refractivity contribution in [3.63, 3.8) is 0 Å². The smallest absolute Gasteiger partial charge is 0.291 e. The van der Waals surface area contributed by atoms with Gasteiger partial charge in [-0.2, -0.15) is 4.99 Å². The molecule has 12 heteroatoms. The predicted octanol–water partition coefficient (Wildman–Crippen LogP) is 3.17. The summed E-state index contributed by atoms with van der Waals surface area (Å²) in [5.74, 6) is -0.869. The van der Waals surface area contributed by atoms with E-state index in [4.69, 9.17) is 21.0 Å². The number of aliphatic imine (C=N–C) groups is 2. The highest BCUT2D eigenvalue weighted by Crippen LogP contribution is 2.44. The Kier molecular flexibility index (Phi) is 8.19. The van der Waals surface area contributed by atoms with Crippen LogP contribution >= 0.6 is 11.3 Å². The van der Waals surface area contributed by atoms with Crippen molar-refractivity contribution in [3.05, 3.63) is 76.4 Å². The van der Waals surface area contributed by atoms with Gasteiger partial charge in [0.2, 0.25) is 12.1 Å². The summed E-state index contributed by atoms with van der Waals surface area (Å²) >= 11 is 1.26. The number of thiazole rings is 1. The molecule has 0 bridgehead atoms. The molecule has 40 heavy (non-hydrogen) atoms. The Morgan fingerprint density at radius 3 is 2.67 bits per heavy atom. The molecule has 1 fully saturated rings. The molecular weight excluding hydrogens is 530 g/mol. The normalized spacial score (nSPS) is 18.1. The van der Waals surface area contributed by atoms with Crippen molar-refractivity contribution >= 4 is 45.6 Å². The number of ether oxygens (including phenoxy) is 1. The number of anilines is 2. The molecule has 2 aliphatic rings. The van der Waals surface area contributed by atoms with Crippen molar-refractivity contribution in [1.29, 1.82) is 5.41 Å². The summed E-state index contributed by atoms with van der Waals surface area (Å²) in [6.07, 6.45) is 2.19. The van der Waals surface area contributed by atoms with Crippen LogP contribution in [-0.2, 0) is 15.1 Å². The molecule has 1 aliphatic carbocycles. The summed E-state index contributed by atoms with van der Waals surface area (Å²) < 4.78 is 5.54. The van der Waals surface area contributed by atoms with Crippen LogP contribution in [0, 0.1) is 5.41 Å². The van der Waals surface area contributed by atoms with Crippen molar-refractivity contribution in [1.82, 2.24) is 4.98 Å². The molecule has 11 nitrogen and oxygen atoms in total. The monoisotopic (exact) mass is 561 g/mol. The number of fused-ring (bicyclic) bond motifs is 1. The third-order valence-electron chi connectivity index (χ3n) is 6.72. The van der Waals surface area contributed by atoms with E-state index >= 15 is 0 Å². The number of amidine groups is 1. The van der Waals surface area contributed by atoms with E-state index in [1.165, 1.54) is 11.3 Å². The Balaban J connectivity index is 1.40. The number of carbonyl (C=O) groups is 1. The maximum absolute atomic E-state index is 13.1. The largest absolute Gasteiger partial charge is 0.405 e. The fourth-order valence-corrected chi connectivity index (χ4v) is 5.55. The summed E-state index contributed by atoms with van der Waals surface area (Å²) in [6, 6.07) is 16.4. The number of nitrogens with one attached hydrogen (secondary N) is 3. The van der Waals surface area contributed by atoms with Crippen LogP contribution < -0.4 is 16.4 Å². The molecule has 2 heterocycles. The number of hydrogen-bond acceptors (Lipinski definition) is 10. The number of para-hydroxylation sites is 1. The Morgan fingerprint density at radius 2 is 1.95 bits per heavy atom. The van der Waals surface area contributed by atoms with Crippen molar-refractivity contribution < 1.29 is 19.7 Å². The lowest BCUT2D eigenvalue weighted by atomic mass is 9.81. The van der Waals surface area contributed by atoms with Gasteiger partial charge in [0.15, 0.2) is 5.69 Å². The van der Waals surface area contributed by atoms with E-state index in [0.717, 1.165) is 17.5 Å². The molecule has 3 aromatic rings. The van der Waals surface area contributed by atoms with Gasteiger partial charge in [-0.3, -0.25) is 10.2 Å². The number of aliphatic hydroxyl groups excluding tert-OH is 1. The summed E-state index contributed by atoms with van der Waals surface area (Å²) in [7, 11) is 0. The molecule has 0 spiro atoms. The molecule has 7 N–H and O–H groups in total. The molecule has 1 saturated carbocycles. The summed E-state index contributed by atoms with van der Waals surface area (Å²) in [4.78, 5) is 26.4. The predicted molar refractivity (Wildman–Crippen MR) is 155 cm³/mol. The number of unbranched alkanes of at least 4 members (excludes halogenated alkanes) is 1. The van der Waals surface area contributed by atoms with Crippen LogP contribution in [0.1, 0.15) is 53.9 Å². The Bertz CT molecular complexity index is 1450. The van der Waals surface area contributed by atoms with Gasteiger partial charge in [0.1, 0.15) is 15.6 Å². The Morgan fingerprint density at radius 1 is 1.20 bits per heavy atom. The maximum atomic E-state index is 13.1. The standard InChI is InChI=1S/C28H31N7O4S/c29-22(21-25(31-15-6-7-16-36)40-26(34-21)28(38)13-8-14-28)39-27(30)35-23-24(37)32-19-12-5-4-11-18(19)20(33-23)17-9-2-1-3-10-17/h1-5,9-12,23,29,31,36,38H,6-8,13-16H2,(H2,30,35)(H,32,37). The lowest BCUT2D eigenvalue weighted by Gasteiger charge is -2.34. The first-order chi connectivity index (χ1) is 19.4. The second kappa shape index (κ2) is 11.9. The lowest BCUT2D eigenvalue weighted by molar-refractivity contribution is -0.117. The van der Waals surface area contributed by atoms with Gasteiger partial charge in [0.05, 0.1) is 11.4 Å². The van der Waals surface area contributed by atoms with E-state index in [1.54, 1.807) is 6.07 Å². The van der Waals surface area contributed by atoms with E-state index < -0.39 is 23.7 Å². The van der Waals surface area contributed by atoms with E-state index in [9.17, 15) is 9.90 Å². The minimum Gasteiger partial charge on any atom is -0.405 e. The number of carbonyl (C=O) groups excluding carboxylic acids is 1. The SMILES string of the molecule is N=C(O/C(N)=N/C1N=C(c2ccccc2)c2ccccc2NC1=O)c1nc(C2(O)CCC2)sc1NCCCCO. The topological polar surface area (TPSA) is 178 Å². The zero-order valence-corrected chi connectivity index (χ0v) is 22.6. The van der Waals surface area contributed by atoms with Gasteiger partial charge in [0.25, 0.3) is 11.9 Å². The van der Waals surface area contributed by atoms with E-state index in [2.05, 4.69) is 25.6 Å². The molecule has 1 unspecified atom stereocenters. The lowest BCUT2D eigenvalue weighted by Crippen LogP contribution is -2.33. The molecule has 1 aromatic heterocycles. The average molecular weight is 562 g/mol. The first kappa shape index (κ1) is 27.4. The molecule has 1 atom stereocenters. The number of nitrogens with zero attached hydrogens (tertiary/aromatic N) is 3. The number of amides is 1. The molecule has 2 aromatic carbocycles. The van der Waals surface area contributed by atoms with Gasteiger partial charge >= 0.3 is 0 Å². The number of rotatable bonds is 9. The fraction of sp³-hybridized carbons (Fsp3) is 0.321. The van der Waals surface area contributed by atoms with Crippen molar-refractivity contribution in [3.8, 4) is 0 Å². The highest BCUT2D eigenvalue weighted by Gasteiger charge is 2.40. The van der Waals surface area contributed by atoms with Crippen molar-refractivity contribution in [2.24, 2.45) is 15.7 Å². The number of nitrogens with two attached hydrogens (primary N) is 1.